The van der Waals surface area contributed by atoms with Crippen molar-refractivity contribution in [2.24, 2.45) is 5.41 Å². The summed E-state index contributed by atoms with van der Waals surface area (Å²) in [4.78, 5) is 12.4. The van der Waals surface area contributed by atoms with Gasteiger partial charge in [0.2, 0.25) is 0 Å². The van der Waals surface area contributed by atoms with E-state index < -0.39 is 0 Å². The number of carbonyl (C=O) groups excluding carboxylic acids is 1. The first-order valence-corrected chi connectivity index (χ1v) is 8.23. The lowest BCUT2D eigenvalue weighted by atomic mass is 9.74. The molecule has 0 aromatic heterocycles. The van der Waals surface area contributed by atoms with Crippen LogP contribution in [0.15, 0.2) is 18.2 Å². The topological polar surface area (TPSA) is 49.3 Å². The second-order valence-electron chi connectivity index (χ2n) is 6.74. The molecule has 0 unspecified atom stereocenters. The van der Waals surface area contributed by atoms with Gasteiger partial charge in [-0.1, -0.05) is 25.3 Å². The normalized spacial score (nSPS) is 20.0. The van der Waals surface area contributed by atoms with Crippen molar-refractivity contribution in [1.29, 1.82) is 0 Å². The molecule has 3 nitrogen and oxygen atoms in total. The van der Waals surface area contributed by atoms with Crippen LogP contribution < -0.4 is 5.32 Å². The van der Waals surface area contributed by atoms with E-state index in [0.29, 0.717) is 6.54 Å². The second kappa shape index (κ2) is 6.18. The number of nitrogens with one attached hydrogen (secondary N) is 1. The SMILES string of the molecule is O=C(NCC1(CO)CCCCC1)c1ccc2c(c1)CCC2. The molecule has 114 valence electrons. The van der Waals surface area contributed by atoms with Crippen molar-refractivity contribution in [2.75, 3.05) is 13.2 Å². The van der Waals surface area contributed by atoms with E-state index in [1.54, 1.807) is 0 Å². The summed E-state index contributed by atoms with van der Waals surface area (Å²) in [6.45, 7) is 0.775. The predicted octanol–water partition coefficient (Wildman–Crippen LogP) is 2.85. The lowest BCUT2D eigenvalue weighted by molar-refractivity contribution is 0.0718. The maximum atomic E-state index is 12.4. The lowest BCUT2D eigenvalue weighted by Gasteiger charge is -2.35. The van der Waals surface area contributed by atoms with Gasteiger partial charge in [-0.2, -0.15) is 0 Å². The van der Waals surface area contributed by atoms with Crippen LogP contribution in [0.3, 0.4) is 0 Å². The molecule has 1 fully saturated rings. The highest BCUT2D eigenvalue weighted by molar-refractivity contribution is 5.94. The van der Waals surface area contributed by atoms with Gasteiger partial charge in [0.05, 0.1) is 6.61 Å². The summed E-state index contributed by atoms with van der Waals surface area (Å²) in [7, 11) is 0. The molecule has 0 spiro atoms. The zero-order valence-corrected chi connectivity index (χ0v) is 12.7. The number of amides is 1. The molecule has 0 saturated heterocycles. The number of aliphatic hydroxyl groups is 1. The summed E-state index contributed by atoms with van der Waals surface area (Å²) in [5.41, 5.74) is 3.40. The van der Waals surface area contributed by atoms with Crippen LogP contribution >= 0.6 is 0 Å². The van der Waals surface area contributed by atoms with Crippen molar-refractivity contribution in [3.8, 4) is 0 Å². The fourth-order valence-corrected chi connectivity index (χ4v) is 3.78. The lowest BCUT2D eigenvalue weighted by Crippen LogP contribution is -2.41. The third-order valence-corrected chi connectivity index (χ3v) is 5.23. The van der Waals surface area contributed by atoms with E-state index in [9.17, 15) is 9.90 Å². The number of aliphatic hydroxyl groups excluding tert-OH is 1. The Bertz CT molecular complexity index is 518. The Balaban J connectivity index is 1.63. The second-order valence-corrected chi connectivity index (χ2v) is 6.74. The maximum absolute atomic E-state index is 12.4. The van der Waals surface area contributed by atoms with Gasteiger partial charge in [-0.05, 0) is 55.4 Å². The van der Waals surface area contributed by atoms with Gasteiger partial charge in [0, 0.05) is 17.5 Å². The Morgan fingerprint density at radius 3 is 2.62 bits per heavy atom. The van der Waals surface area contributed by atoms with E-state index in [1.165, 1.54) is 24.0 Å². The van der Waals surface area contributed by atoms with Gasteiger partial charge in [-0.25, -0.2) is 0 Å². The van der Waals surface area contributed by atoms with Crippen molar-refractivity contribution in [3.05, 3.63) is 34.9 Å². The van der Waals surface area contributed by atoms with E-state index >= 15 is 0 Å². The van der Waals surface area contributed by atoms with E-state index in [4.69, 9.17) is 0 Å². The molecule has 0 bridgehead atoms. The van der Waals surface area contributed by atoms with Crippen LogP contribution in [0.4, 0.5) is 0 Å². The quantitative estimate of drug-likeness (QED) is 0.894. The highest BCUT2D eigenvalue weighted by Crippen LogP contribution is 2.35. The monoisotopic (exact) mass is 287 g/mol. The summed E-state index contributed by atoms with van der Waals surface area (Å²) in [5, 5.41) is 12.8. The molecule has 2 aliphatic carbocycles. The molecule has 1 aromatic carbocycles. The van der Waals surface area contributed by atoms with Crippen LogP contribution in [-0.4, -0.2) is 24.2 Å². The van der Waals surface area contributed by atoms with Crippen molar-refractivity contribution >= 4 is 5.91 Å². The maximum Gasteiger partial charge on any atom is 0.251 e. The van der Waals surface area contributed by atoms with Gasteiger partial charge in [0.1, 0.15) is 0 Å². The average Bonchev–Trinajstić information content (AvgIpc) is 3.01. The zero-order chi connectivity index (χ0) is 14.7. The molecule has 1 saturated carbocycles. The molecule has 1 amide bonds. The largest absolute Gasteiger partial charge is 0.396 e. The summed E-state index contributed by atoms with van der Waals surface area (Å²) in [5.74, 6) is 0.00287. The zero-order valence-electron chi connectivity index (χ0n) is 12.7. The summed E-state index contributed by atoms with van der Waals surface area (Å²) in [6.07, 6.45) is 9.06. The molecule has 0 atom stereocenters. The number of hydrogen-bond acceptors (Lipinski definition) is 2. The van der Waals surface area contributed by atoms with Gasteiger partial charge in [0.25, 0.3) is 5.91 Å². The Labute approximate surface area is 126 Å². The van der Waals surface area contributed by atoms with E-state index in [-0.39, 0.29) is 17.9 Å². The molecule has 0 heterocycles. The first kappa shape index (κ1) is 14.6. The molecule has 3 rings (SSSR count). The fourth-order valence-electron chi connectivity index (χ4n) is 3.78. The third kappa shape index (κ3) is 3.13. The minimum atomic E-state index is -0.0926. The van der Waals surface area contributed by atoms with Gasteiger partial charge >= 0.3 is 0 Å². The van der Waals surface area contributed by atoms with E-state index in [2.05, 4.69) is 11.4 Å². The van der Waals surface area contributed by atoms with Gasteiger partial charge in [-0.3, -0.25) is 4.79 Å². The molecule has 2 aliphatic rings. The third-order valence-electron chi connectivity index (χ3n) is 5.23. The van der Waals surface area contributed by atoms with Crippen LogP contribution in [0.2, 0.25) is 0 Å². The molecule has 0 aliphatic heterocycles. The van der Waals surface area contributed by atoms with Gasteiger partial charge < -0.3 is 10.4 Å². The number of rotatable bonds is 4. The van der Waals surface area contributed by atoms with Crippen LogP contribution in [0.25, 0.3) is 0 Å². The molecular formula is C18H25NO2. The summed E-state index contributed by atoms with van der Waals surface area (Å²) in [6, 6.07) is 6.08. The van der Waals surface area contributed by atoms with Crippen molar-refractivity contribution in [3.63, 3.8) is 0 Å². The number of aryl methyl sites for hydroxylation is 2. The average molecular weight is 287 g/mol. The summed E-state index contributed by atoms with van der Waals surface area (Å²) < 4.78 is 0. The fraction of sp³-hybridized carbons (Fsp3) is 0.611. The number of fused-ring (bicyclic) bond motifs is 1. The van der Waals surface area contributed by atoms with E-state index in [0.717, 1.165) is 44.1 Å². The summed E-state index contributed by atoms with van der Waals surface area (Å²) >= 11 is 0. The minimum Gasteiger partial charge on any atom is -0.396 e. The smallest absolute Gasteiger partial charge is 0.251 e. The highest BCUT2D eigenvalue weighted by Gasteiger charge is 2.31. The van der Waals surface area contributed by atoms with Crippen LogP contribution in [0.5, 0.6) is 0 Å². The molecule has 2 N–H and O–H groups in total. The molecular weight excluding hydrogens is 262 g/mol. The Hall–Kier alpha value is -1.35. The van der Waals surface area contributed by atoms with Gasteiger partial charge in [-0.15, -0.1) is 0 Å². The Kier molecular flexibility index (Phi) is 4.29. The Morgan fingerprint density at radius 2 is 1.86 bits per heavy atom. The van der Waals surface area contributed by atoms with Crippen molar-refractivity contribution in [2.45, 2.75) is 51.4 Å². The number of hydrogen-bond donors (Lipinski definition) is 2. The van der Waals surface area contributed by atoms with Gasteiger partial charge in [0.15, 0.2) is 0 Å². The number of carbonyl (C=O) groups is 1. The molecule has 0 radical (unpaired) electrons. The van der Waals surface area contributed by atoms with E-state index in [1.807, 2.05) is 12.1 Å². The molecule has 3 heteroatoms. The standard InChI is InChI=1S/C18H25NO2/c20-13-18(9-2-1-3-10-18)12-19-17(21)16-8-7-14-5-4-6-15(14)11-16/h7-8,11,20H,1-6,9-10,12-13H2,(H,19,21). The first-order chi connectivity index (χ1) is 10.2. The molecule has 1 aromatic rings. The Morgan fingerprint density at radius 1 is 1.10 bits per heavy atom. The van der Waals surface area contributed by atoms with Crippen LogP contribution in [-0.2, 0) is 12.8 Å². The first-order valence-electron chi connectivity index (χ1n) is 8.23. The van der Waals surface area contributed by atoms with Crippen molar-refractivity contribution < 1.29 is 9.90 Å². The highest BCUT2D eigenvalue weighted by atomic mass is 16.3. The van der Waals surface area contributed by atoms with Crippen LogP contribution in [0, 0.1) is 5.41 Å². The van der Waals surface area contributed by atoms with Crippen molar-refractivity contribution in [1.82, 2.24) is 5.32 Å². The number of benzene rings is 1. The predicted molar refractivity (Wildman–Crippen MR) is 83.4 cm³/mol. The molecule has 21 heavy (non-hydrogen) atoms. The minimum absolute atomic E-state index is 0.00287. The van der Waals surface area contributed by atoms with Crippen LogP contribution in [0.1, 0.15) is 60.0 Å².